The minimum atomic E-state index is -3.86. The Kier molecular flexibility index (Phi) is 4.33. The summed E-state index contributed by atoms with van der Waals surface area (Å²) in [5.74, 6) is 0. The molecule has 6 nitrogen and oxygen atoms in total. The van der Waals surface area contributed by atoms with Crippen molar-refractivity contribution in [1.29, 1.82) is 0 Å². The number of rotatable bonds is 3. The van der Waals surface area contributed by atoms with E-state index in [-0.39, 0.29) is 14.5 Å². The van der Waals surface area contributed by atoms with Gasteiger partial charge in [0.1, 0.15) is 0 Å². The van der Waals surface area contributed by atoms with Crippen molar-refractivity contribution in [3.63, 3.8) is 0 Å². The Labute approximate surface area is 129 Å². The number of halogens is 1. The summed E-state index contributed by atoms with van der Waals surface area (Å²) < 4.78 is 27.9. The second-order valence-corrected chi connectivity index (χ2v) is 6.83. The van der Waals surface area contributed by atoms with E-state index in [1.807, 2.05) is 12.2 Å². The molecule has 1 aliphatic rings. The molecule has 104 valence electrons. The molecule has 1 aromatic carbocycles. The zero-order valence-electron chi connectivity index (χ0n) is 10.0. The fourth-order valence-electron chi connectivity index (χ4n) is 1.52. The molecule has 1 unspecified atom stereocenters. The van der Waals surface area contributed by atoms with E-state index in [0.717, 1.165) is 12.1 Å². The van der Waals surface area contributed by atoms with Crippen LogP contribution in [0.5, 0.6) is 0 Å². The van der Waals surface area contributed by atoms with Crippen molar-refractivity contribution in [1.82, 2.24) is 0 Å². The molecule has 2 rings (SSSR count). The summed E-state index contributed by atoms with van der Waals surface area (Å²) in [7, 11) is -3.86. The van der Waals surface area contributed by atoms with Crippen LogP contribution >= 0.6 is 22.6 Å². The molecule has 1 aliphatic carbocycles. The molecular formula is C12H9IN2O4S. The van der Waals surface area contributed by atoms with Crippen LogP contribution in [0.15, 0.2) is 57.9 Å². The van der Waals surface area contributed by atoms with Crippen molar-refractivity contribution in [3.05, 3.63) is 58.7 Å². The Hall–Kier alpha value is -1.55. The lowest BCUT2D eigenvalue weighted by Crippen LogP contribution is -2.13. The van der Waals surface area contributed by atoms with Gasteiger partial charge in [0.25, 0.3) is 15.7 Å². The van der Waals surface area contributed by atoms with Gasteiger partial charge in [-0.1, -0.05) is 40.8 Å². The van der Waals surface area contributed by atoms with Gasteiger partial charge >= 0.3 is 0 Å². The number of allylic oxidation sites excluding steroid dienone is 4. The second-order valence-electron chi connectivity index (χ2n) is 3.89. The molecule has 0 radical (unpaired) electrons. The third kappa shape index (κ3) is 3.31. The zero-order chi connectivity index (χ0) is 14.8. The number of benzene rings is 1. The summed E-state index contributed by atoms with van der Waals surface area (Å²) in [5, 5.41) is 10.5. The number of alkyl halides is 1. The predicted octanol–water partition coefficient (Wildman–Crippen LogP) is 2.65. The molecule has 1 atom stereocenters. The van der Waals surface area contributed by atoms with E-state index in [9.17, 15) is 18.5 Å². The lowest BCUT2D eigenvalue weighted by molar-refractivity contribution is -0.384. The summed E-state index contributed by atoms with van der Waals surface area (Å²) >= 11 is 2.07. The van der Waals surface area contributed by atoms with E-state index in [0.29, 0.717) is 5.71 Å². The zero-order valence-corrected chi connectivity index (χ0v) is 13.0. The van der Waals surface area contributed by atoms with E-state index in [2.05, 4.69) is 27.0 Å². The summed E-state index contributed by atoms with van der Waals surface area (Å²) in [5.41, 5.74) is 0.260. The molecule has 0 amide bonds. The molecule has 0 N–H and O–H groups in total. The Balaban J connectivity index is 2.36. The smallest absolute Gasteiger partial charge is 0.258 e. The molecule has 20 heavy (non-hydrogen) atoms. The van der Waals surface area contributed by atoms with Crippen molar-refractivity contribution in [2.45, 2.75) is 8.82 Å². The summed E-state index contributed by atoms with van der Waals surface area (Å²) in [6, 6.07) is 4.65. The van der Waals surface area contributed by atoms with Gasteiger partial charge < -0.3 is 0 Å². The fourth-order valence-corrected chi connectivity index (χ4v) is 3.33. The average Bonchev–Trinajstić information content (AvgIpc) is 2.41. The SMILES string of the molecule is O=[N+]([O-])c1ccc(S(=O)(=O)N=C2C=CC=CC2I)cc1. The number of nitro groups is 1. The predicted molar refractivity (Wildman–Crippen MR) is 83.8 cm³/mol. The van der Waals surface area contributed by atoms with Gasteiger partial charge in [0.05, 0.1) is 19.5 Å². The normalized spacial score (nSPS) is 20.2. The minimum Gasteiger partial charge on any atom is -0.258 e. The van der Waals surface area contributed by atoms with Crippen LogP contribution in [0.25, 0.3) is 0 Å². The van der Waals surface area contributed by atoms with Crippen LogP contribution in [0.3, 0.4) is 0 Å². The Morgan fingerprint density at radius 1 is 1.20 bits per heavy atom. The van der Waals surface area contributed by atoms with Crippen LogP contribution < -0.4 is 0 Å². The standard InChI is InChI=1S/C12H9IN2O4S/c13-11-3-1-2-4-12(11)14-20(18,19)10-7-5-9(6-8-10)15(16)17/h1-8,11H. The van der Waals surface area contributed by atoms with Crippen molar-refractivity contribution in [2.24, 2.45) is 4.40 Å². The number of sulfonamides is 1. The molecule has 0 saturated heterocycles. The minimum absolute atomic E-state index is 0.0675. The van der Waals surface area contributed by atoms with Crippen molar-refractivity contribution < 1.29 is 13.3 Å². The highest BCUT2D eigenvalue weighted by molar-refractivity contribution is 14.1. The van der Waals surface area contributed by atoms with Crippen LogP contribution in [0, 0.1) is 10.1 Å². The van der Waals surface area contributed by atoms with E-state index < -0.39 is 14.9 Å². The van der Waals surface area contributed by atoms with Gasteiger partial charge in [0, 0.05) is 12.1 Å². The topological polar surface area (TPSA) is 89.6 Å². The highest BCUT2D eigenvalue weighted by atomic mass is 127. The quantitative estimate of drug-likeness (QED) is 0.335. The highest BCUT2D eigenvalue weighted by Gasteiger charge is 2.18. The van der Waals surface area contributed by atoms with Gasteiger partial charge in [-0.2, -0.15) is 12.8 Å². The molecule has 0 spiro atoms. The van der Waals surface area contributed by atoms with E-state index in [4.69, 9.17) is 0 Å². The Morgan fingerprint density at radius 3 is 2.40 bits per heavy atom. The molecule has 8 heteroatoms. The molecular weight excluding hydrogens is 395 g/mol. The van der Waals surface area contributed by atoms with Gasteiger partial charge in [-0.3, -0.25) is 10.1 Å². The van der Waals surface area contributed by atoms with Crippen LogP contribution in [0.2, 0.25) is 0 Å². The third-order valence-electron chi connectivity index (χ3n) is 2.51. The molecule has 0 aromatic heterocycles. The van der Waals surface area contributed by atoms with Crippen molar-refractivity contribution in [2.75, 3.05) is 0 Å². The molecule has 0 heterocycles. The first-order chi connectivity index (χ1) is 9.40. The van der Waals surface area contributed by atoms with Crippen LogP contribution in [-0.2, 0) is 10.0 Å². The van der Waals surface area contributed by atoms with Crippen molar-refractivity contribution in [3.8, 4) is 0 Å². The van der Waals surface area contributed by atoms with Gasteiger partial charge in [0.15, 0.2) is 0 Å². The van der Waals surface area contributed by atoms with Crippen molar-refractivity contribution >= 4 is 44.0 Å². The highest BCUT2D eigenvalue weighted by Crippen LogP contribution is 2.20. The summed E-state index contributed by atoms with van der Waals surface area (Å²) in [4.78, 5) is 9.88. The van der Waals surface area contributed by atoms with Gasteiger partial charge in [0.2, 0.25) is 0 Å². The number of non-ortho nitro benzene ring substituents is 1. The van der Waals surface area contributed by atoms with Gasteiger partial charge in [-0.05, 0) is 18.2 Å². The Morgan fingerprint density at radius 2 is 1.85 bits per heavy atom. The number of nitrogens with zero attached hydrogens (tertiary/aromatic N) is 2. The lowest BCUT2D eigenvalue weighted by atomic mass is 10.2. The third-order valence-corrected chi connectivity index (χ3v) is 4.88. The molecule has 1 aromatic rings. The second kappa shape index (κ2) is 5.83. The maximum absolute atomic E-state index is 12.1. The molecule has 0 fully saturated rings. The maximum Gasteiger partial charge on any atom is 0.282 e. The first kappa shape index (κ1) is 14.9. The molecule has 0 saturated carbocycles. The number of nitro benzene ring substituents is 1. The van der Waals surface area contributed by atoms with E-state index in [1.165, 1.54) is 12.1 Å². The molecule has 0 bridgehead atoms. The first-order valence-corrected chi connectivity index (χ1v) is 8.17. The van der Waals surface area contributed by atoms with Crippen LogP contribution in [0.1, 0.15) is 0 Å². The van der Waals surface area contributed by atoms with Gasteiger partial charge in [-0.25, -0.2) is 0 Å². The lowest BCUT2D eigenvalue weighted by Gasteiger charge is -2.08. The van der Waals surface area contributed by atoms with E-state index in [1.54, 1.807) is 12.2 Å². The fraction of sp³-hybridized carbons (Fsp3) is 0.0833. The maximum atomic E-state index is 12.1. The first-order valence-electron chi connectivity index (χ1n) is 5.48. The summed E-state index contributed by atoms with van der Waals surface area (Å²) in [6.07, 6.45) is 6.97. The summed E-state index contributed by atoms with van der Waals surface area (Å²) in [6.45, 7) is 0. The monoisotopic (exact) mass is 404 g/mol. The van der Waals surface area contributed by atoms with Crippen LogP contribution in [0.4, 0.5) is 5.69 Å². The molecule has 0 aliphatic heterocycles. The Bertz CT molecular complexity index is 720. The van der Waals surface area contributed by atoms with Crippen LogP contribution in [-0.4, -0.2) is 23.0 Å². The van der Waals surface area contributed by atoms with E-state index >= 15 is 0 Å². The number of hydrogen-bond acceptors (Lipinski definition) is 4. The van der Waals surface area contributed by atoms with Gasteiger partial charge in [-0.15, -0.1) is 0 Å². The largest absolute Gasteiger partial charge is 0.282 e. The average molecular weight is 404 g/mol. The number of hydrogen-bond donors (Lipinski definition) is 0.